The quantitative estimate of drug-likeness (QED) is 0.750. The van der Waals surface area contributed by atoms with E-state index in [2.05, 4.69) is 20.3 Å². The van der Waals surface area contributed by atoms with Gasteiger partial charge in [-0.2, -0.15) is 0 Å². The predicted molar refractivity (Wildman–Crippen MR) is 94.0 cm³/mol. The van der Waals surface area contributed by atoms with Crippen LogP contribution in [-0.4, -0.2) is 27.5 Å². The molecule has 3 aromatic rings. The Morgan fingerprint density at radius 3 is 2.72 bits per heavy atom. The van der Waals surface area contributed by atoms with E-state index >= 15 is 0 Å². The van der Waals surface area contributed by atoms with E-state index in [4.69, 9.17) is 4.74 Å². The van der Waals surface area contributed by atoms with Gasteiger partial charge in [0.05, 0.1) is 24.5 Å². The molecule has 2 heterocycles. The minimum Gasteiger partial charge on any atom is -0.477 e. The molecule has 0 aliphatic heterocycles. The van der Waals surface area contributed by atoms with Crippen LogP contribution in [0.3, 0.4) is 0 Å². The van der Waals surface area contributed by atoms with E-state index in [1.807, 2.05) is 43.3 Å². The number of carbonyl (C=O) groups is 1. The van der Waals surface area contributed by atoms with Crippen LogP contribution in [-0.2, 0) is 6.54 Å². The van der Waals surface area contributed by atoms with Crippen LogP contribution >= 0.6 is 0 Å². The van der Waals surface area contributed by atoms with Crippen molar-refractivity contribution in [2.24, 2.45) is 0 Å². The molecule has 25 heavy (non-hydrogen) atoms. The summed E-state index contributed by atoms with van der Waals surface area (Å²) in [5.74, 6) is 0.0755. The molecule has 0 fully saturated rings. The maximum absolute atomic E-state index is 12.4. The van der Waals surface area contributed by atoms with E-state index in [1.54, 1.807) is 18.3 Å². The summed E-state index contributed by atoms with van der Waals surface area (Å²) in [4.78, 5) is 25.0. The molecule has 1 aromatic carbocycles. The van der Waals surface area contributed by atoms with Crippen molar-refractivity contribution in [3.8, 4) is 17.1 Å². The Bertz CT molecular complexity index is 853. The number of hydrogen-bond acceptors (Lipinski definition) is 5. The number of amides is 1. The topological polar surface area (TPSA) is 77.0 Å². The summed E-state index contributed by atoms with van der Waals surface area (Å²) in [6.07, 6.45) is 3.10. The number of hydrogen-bond donors (Lipinski definition) is 1. The van der Waals surface area contributed by atoms with E-state index in [0.29, 0.717) is 24.6 Å². The summed E-state index contributed by atoms with van der Waals surface area (Å²) in [7, 11) is 0. The summed E-state index contributed by atoms with van der Waals surface area (Å²) in [6.45, 7) is 2.59. The lowest BCUT2D eigenvalue weighted by Gasteiger charge is -2.09. The minimum atomic E-state index is -0.253. The van der Waals surface area contributed by atoms with E-state index in [1.165, 1.54) is 6.33 Å². The van der Waals surface area contributed by atoms with Crippen LogP contribution < -0.4 is 10.1 Å². The number of carbonyl (C=O) groups excluding carboxylic acids is 1. The van der Waals surface area contributed by atoms with Crippen LogP contribution in [0.2, 0.25) is 0 Å². The number of aromatic nitrogens is 3. The molecule has 0 spiro atoms. The molecular weight excluding hydrogens is 316 g/mol. The zero-order chi connectivity index (χ0) is 17.5. The van der Waals surface area contributed by atoms with Crippen LogP contribution in [0.4, 0.5) is 0 Å². The zero-order valence-corrected chi connectivity index (χ0v) is 13.8. The first-order chi connectivity index (χ1) is 12.3. The fourth-order valence-electron chi connectivity index (χ4n) is 2.34. The van der Waals surface area contributed by atoms with Crippen LogP contribution in [0.25, 0.3) is 11.3 Å². The van der Waals surface area contributed by atoms with E-state index in [-0.39, 0.29) is 5.91 Å². The van der Waals surface area contributed by atoms with Gasteiger partial charge in [-0.1, -0.05) is 30.3 Å². The lowest BCUT2D eigenvalue weighted by molar-refractivity contribution is 0.0945. The molecule has 0 aliphatic rings. The molecule has 0 bridgehead atoms. The largest absolute Gasteiger partial charge is 0.477 e. The minimum absolute atomic E-state index is 0.253. The Morgan fingerprint density at radius 1 is 1.08 bits per heavy atom. The van der Waals surface area contributed by atoms with Gasteiger partial charge < -0.3 is 10.1 Å². The highest BCUT2D eigenvalue weighted by molar-refractivity contribution is 5.96. The molecule has 0 saturated heterocycles. The maximum Gasteiger partial charge on any atom is 0.257 e. The number of pyridine rings is 1. The third-order valence-corrected chi connectivity index (χ3v) is 3.52. The summed E-state index contributed by atoms with van der Waals surface area (Å²) in [6, 6.07) is 15.1. The fourth-order valence-corrected chi connectivity index (χ4v) is 2.34. The molecule has 0 saturated carbocycles. The van der Waals surface area contributed by atoms with Gasteiger partial charge in [-0.3, -0.25) is 4.79 Å². The van der Waals surface area contributed by atoms with Crippen molar-refractivity contribution in [3.05, 3.63) is 72.3 Å². The van der Waals surface area contributed by atoms with E-state index in [9.17, 15) is 4.79 Å². The van der Waals surface area contributed by atoms with Gasteiger partial charge in [0.1, 0.15) is 11.9 Å². The third kappa shape index (κ3) is 4.17. The molecule has 6 heteroatoms. The predicted octanol–water partition coefficient (Wildman–Crippen LogP) is 2.87. The highest BCUT2D eigenvalue weighted by Gasteiger charge is 2.13. The van der Waals surface area contributed by atoms with Crippen molar-refractivity contribution < 1.29 is 9.53 Å². The lowest BCUT2D eigenvalue weighted by Crippen LogP contribution is -2.24. The van der Waals surface area contributed by atoms with Crippen molar-refractivity contribution in [2.75, 3.05) is 6.61 Å². The number of nitrogens with one attached hydrogen (secondary N) is 1. The Kier molecular flexibility index (Phi) is 5.31. The molecule has 126 valence electrons. The second-order valence-electron chi connectivity index (χ2n) is 5.23. The van der Waals surface area contributed by atoms with Gasteiger partial charge in [0.15, 0.2) is 0 Å². The second kappa shape index (κ2) is 8.01. The highest BCUT2D eigenvalue weighted by Crippen LogP contribution is 2.17. The first-order valence-electron chi connectivity index (χ1n) is 8.00. The lowest BCUT2D eigenvalue weighted by atomic mass is 10.1. The van der Waals surface area contributed by atoms with Crippen molar-refractivity contribution in [1.29, 1.82) is 0 Å². The van der Waals surface area contributed by atoms with Crippen molar-refractivity contribution >= 4 is 5.91 Å². The molecule has 1 amide bonds. The standard InChI is InChI=1S/C19H18N4O2/c1-2-25-19-16(9-6-10-20-19)18(24)21-12-15-11-17(23-13-22-15)14-7-4-3-5-8-14/h3-11,13H,2,12H2,1H3,(H,21,24). The molecule has 0 radical (unpaired) electrons. The molecule has 3 rings (SSSR count). The average molecular weight is 334 g/mol. The molecule has 6 nitrogen and oxygen atoms in total. The zero-order valence-electron chi connectivity index (χ0n) is 13.8. The van der Waals surface area contributed by atoms with Crippen LogP contribution in [0.15, 0.2) is 61.1 Å². The average Bonchev–Trinajstić information content (AvgIpc) is 2.68. The molecule has 0 unspecified atom stereocenters. The monoisotopic (exact) mass is 334 g/mol. The van der Waals surface area contributed by atoms with Gasteiger partial charge >= 0.3 is 0 Å². The summed E-state index contributed by atoms with van der Waals surface area (Å²) < 4.78 is 5.39. The molecule has 1 N–H and O–H groups in total. The van der Waals surface area contributed by atoms with Gasteiger partial charge in [0, 0.05) is 11.8 Å². The maximum atomic E-state index is 12.4. The molecule has 2 aromatic heterocycles. The number of ether oxygens (including phenoxy) is 1. The smallest absolute Gasteiger partial charge is 0.257 e. The number of nitrogens with zero attached hydrogens (tertiary/aromatic N) is 3. The second-order valence-corrected chi connectivity index (χ2v) is 5.23. The number of rotatable bonds is 6. The normalized spacial score (nSPS) is 10.3. The number of benzene rings is 1. The van der Waals surface area contributed by atoms with E-state index < -0.39 is 0 Å². The van der Waals surface area contributed by atoms with E-state index in [0.717, 1.165) is 17.0 Å². The van der Waals surface area contributed by atoms with Crippen LogP contribution in [0, 0.1) is 0 Å². The Labute approximate surface area is 145 Å². The SMILES string of the molecule is CCOc1ncccc1C(=O)NCc1cc(-c2ccccc2)ncn1. The van der Waals surface area contributed by atoms with Gasteiger partial charge in [-0.05, 0) is 25.1 Å². The summed E-state index contributed by atoms with van der Waals surface area (Å²) in [5.41, 5.74) is 2.95. The van der Waals surface area contributed by atoms with Gasteiger partial charge in [0.25, 0.3) is 5.91 Å². The first-order valence-corrected chi connectivity index (χ1v) is 8.00. The molecule has 0 atom stereocenters. The summed E-state index contributed by atoms with van der Waals surface area (Å²) >= 11 is 0. The third-order valence-electron chi connectivity index (χ3n) is 3.52. The van der Waals surface area contributed by atoms with Crippen LogP contribution in [0.1, 0.15) is 23.0 Å². The van der Waals surface area contributed by atoms with Crippen molar-refractivity contribution in [1.82, 2.24) is 20.3 Å². The Hall–Kier alpha value is -3.28. The van der Waals surface area contributed by atoms with Crippen molar-refractivity contribution in [2.45, 2.75) is 13.5 Å². The Morgan fingerprint density at radius 2 is 1.92 bits per heavy atom. The van der Waals surface area contributed by atoms with Gasteiger partial charge in [0.2, 0.25) is 5.88 Å². The van der Waals surface area contributed by atoms with Crippen molar-refractivity contribution in [3.63, 3.8) is 0 Å². The molecular formula is C19H18N4O2. The molecule has 0 aliphatic carbocycles. The first kappa shape index (κ1) is 16.6. The fraction of sp³-hybridized carbons (Fsp3) is 0.158. The summed E-state index contributed by atoms with van der Waals surface area (Å²) in [5, 5.41) is 2.84. The van der Waals surface area contributed by atoms with Gasteiger partial charge in [-0.25, -0.2) is 15.0 Å². The van der Waals surface area contributed by atoms with Gasteiger partial charge in [-0.15, -0.1) is 0 Å². The van der Waals surface area contributed by atoms with Crippen LogP contribution in [0.5, 0.6) is 5.88 Å². The Balaban J connectivity index is 1.71. The highest BCUT2D eigenvalue weighted by atomic mass is 16.5.